The lowest BCUT2D eigenvalue weighted by Crippen LogP contribution is -2.15. The van der Waals surface area contributed by atoms with E-state index in [0.717, 1.165) is 0 Å². The van der Waals surface area contributed by atoms with E-state index in [1.165, 1.54) is 10.0 Å². The summed E-state index contributed by atoms with van der Waals surface area (Å²) in [5.74, 6) is 0. The molecule has 14 heavy (non-hydrogen) atoms. The third-order valence-corrected chi connectivity index (χ3v) is 4.78. The fraction of sp³-hybridized carbons (Fsp3) is 0.500. The van der Waals surface area contributed by atoms with Gasteiger partial charge in [0.05, 0.1) is 0 Å². The van der Waals surface area contributed by atoms with Gasteiger partial charge in [-0.15, -0.1) is 0 Å². The Balaban J connectivity index is 2.49. The summed E-state index contributed by atoms with van der Waals surface area (Å²) in [6.45, 7) is 6.71. The molecule has 2 rings (SSSR count). The van der Waals surface area contributed by atoms with Crippen LogP contribution in [0.2, 0.25) is 0 Å². The SMILES string of the molecule is CC1(C)C(N)C1(C)c1ccccc1Br. The van der Waals surface area contributed by atoms with Crippen molar-refractivity contribution in [3.8, 4) is 0 Å². The molecule has 2 unspecified atom stereocenters. The highest BCUT2D eigenvalue weighted by atomic mass is 79.9. The molecular weight excluding hydrogens is 238 g/mol. The zero-order valence-electron chi connectivity index (χ0n) is 8.84. The maximum absolute atomic E-state index is 6.16. The molecule has 1 aliphatic carbocycles. The van der Waals surface area contributed by atoms with Crippen LogP contribution in [-0.2, 0) is 5.41 Å². The van der Waals surface area contributed by atoms with Gasteiger partial charge in [0.15, 0.2) is 0 Å². The largest absolute Gasteiger partial charge is 0.326 e. The standard InChI is InChI=1S/C12H16BrN/c1-11(2)10(14)12(11,3)8-6-4-5-7-9(8)13/h4-7,10H,14H2,1-3H3. The Morgan fingerprint density at radius 1 is 1.21 bits per heavy atom. The molecule has 1 saturated carbocycles. The van der Waals surface area contributed by atoms with Gasteiger partial charge in [0, 0.05) is 15.9 Å². The predicted octanol–water partition coefficient (Wildman–Crippen LogP) is 3.07. The van der Waals surface area contributed by atoms with Crippen LogP contribution in [0.4, 0.5) is 0 Å². The van der Waals surface area contributed by atoms with Crippen LogP contribution in [-0.4, -0.2) is 6.04 Å². The molecule has 1 nitrogen and oxygen atoms in total. The highest BCUT2D eigenvalue weighted by molar-refractivity contribution is 9.10. The fourth-order valence-corrected chi connectivity index (χ4v) is 3.12. The van der Waals surface area contributed by atoms with Gasteiger partial charge < -0.3 is 5.73 Å². The number of nitrogens with two attached hydrogens (primary N) is 1. The molecule has 2 N–H and O–H groups in total. The van der Waals surface area contributed by atoms with Gasteiger partial charge in [0.1, 0.15) is 0 Å². The lowest BCUT2D eigenvalue weighted by molar-refractivity contribution is 0.524. The molecule has 1 aromatic rings. The molecule has 0 saturated heterocycles. The van der Waals surface area contributed by atoms with Gasteiger partial charge >= 0.3 is 0 Å². The summed E-state index contributed by atoms with van der Waals surface area (Å²) < 4.78 is 1.17. The number of halogens is 1. The number of rotatable bonds is 1. The first-order valence-corrected chi connectivity index (χ1v) is 5.72. The van der Waals surface area contributed by atoms with Crippen LogP contribution in [0, 0.1) is 5.41 Å². The normalized spacial score (nSPS) is 34.2. The van der Waals surface area contributed by atoms with Crippen molar-refractivity contribution in [2.45, 2.75) is 32.2 Å². The van der Waals surface area contributed by atoms with Crippen molar-refractivity contribution < 1.29 is 0 Å². The Bertz CT molecular complexity index is 372. The maximum atomic E-state index is 6.16. The van der Waals surface area contributed by atoms with Crippen molar-refractivity contribution in [1.82, 2.24) is 0 Å². The van der Waals surface area contributed by atoms with Crippen molar-refractivity contribution in [3.63, 3.8) is 0 Å². The molecule has 0 spiro atoms. The Hall–Kier alpha value is -0.340. The van der Waals surface area contributed by atoms with Gasteiger partial charge in [0.25, 0.3) is 0 Å². The van der Waals surface area contributed by atoms with Crippen LogP contribution in [0.5, 0.6) is 0 Å². The van der Waals surface area contributed by atoms with E-state index in [4.69, 9.17) is 5.73 Å². The van der Waals surface area contributed by atoms with Crippen LogP contribution in [0.3, 0.4) is 0 Å². The molecular formula is C12H16BrN. The van der Waals surface area contributed by atoms with Crippen molar-refractivity contribution in [3.05, 3.63) is 34.3 Å². The molecule has 1 aliphatic rings. The number of benzene rings is 1. The van der Waals surface area contributed by atoms with Crippen molar-refractivity contribution >= 4 is 15.9 Å². The van der Waals surface area contributed by atoms with E-state index in [9.17, 15) is 0 Å². The summed E-state index contributed by atoms with van der Waals surface area (Å²) in [6, 6.07) is 8.62. The van der Waals surface area contributed by atoms with E-state index in [2.05, 4.69) is 54.9 Å². The maximum Gasteiger partial charge on any atom is 0.0213 e. The van der Waals surface area contributed by atoms with E-state index in [-0.39, 0.29) is 16.9 Å². The van der Waals surface area contributed by atoms with Crippen LogP contribution >= 0.6 is 15.9 Å². The number of hydrogen-bond donors (Lipinski definition) is 1. The average molecular weight is 254 g/mol. The van der Waals surface area contributed by atoms with Crippen LogP contribution in [0.1, 0.15) is 26.3 Å². The van der Waals surface area contributed by atoms with Crippen LogP contribution in [0.15, 0.2) is 28.7 Å². The van der Waals surface area contributed by atoms with Crippen molar-refractivity contribution in [2.75, 3.05) is 0 Å². The molecule has 1 fully saturated rings. The molecule has 0 aliphatic heterocycles. The Labute approximate surface area is 93.8 Å². The van der Waals surface area contributed by atoms with E-state index in [0.29, 0.717) is 0 Å². The van der Waals surface area contributed by atoms with Crippen molar-refractivity contribution in [2.24, 2.45) is 11.1 Å². The summed E-state index contributed by atoms with van der Waals surface area (Å²) in [7, 11) is 0. The Morgan fingerprint density at radius 3 is 2.14 bits per heavy atom. The zero-order valence-corrected chi connectivity index (χ0v) is 10.4. The second-order valence-corrected chi connectivity index (χ2v) is 5.74. The minimum Gasteiger partial charge on any atom is -0.326 e. The van der Waals surface area contributed by atoms with E-state index < -0.39 is 0 Å². The lowest BCUT2D eigenvalue weighted by Gasteiger charge is -2.16. The monoisotopic (exact) mass is 253 g/mol. The minimum absolute atomic E-state index is 0.118. The molecule has 0 aromatic heterocycles. The fourth-order valence-electron chi connectivity index (χ4n) is 2.42. The third kappa shape index (κ3) is 1.04. The minimum atomic E-state index is 0.118. The van der Waals surface area contributed by atoms with Crippen LogP contribution < -0.4 is 5.73 Å². The second-order valence-electron chi connectivity index (χ2n) is 4.88. The first-order valence-electron chi connectivity index (χ1n) is 4.93. The molecule has 2 atom stereocenters. The van der Waals surface area contributed by atoms with E-state index in [1.807, 2.05) is 6.07 Å². The molecule has 0 radical (unpaired) electrons. The van der Waals surface area contributed by atoms with Gasteiger partial charge in [-0.05, 0) is 17.0 Å². The first-order chi connectivity index (χ1) is 6.42. The first kappa shape index (κ1) is 10.2. The van der Waals surface area contributed by atoms with Crippen molar-refractivity contribution in [1.29, 1.82) is 0 Å². The molecule has 1 aromatic carbocycles. The Morgan fingerprint density at radius 2 is 1.71 bits per heavy atom. The topological polar surface area (TPSA) is 26.0 Å². The predicted molar refractivity (Wildman–Crippen MR) is 63.3 cm³/mol. The second kappa shape index (κ2) is 2.83. The molecule has 0 bridgehead atoms. The summed E-state index contributed by atoms with van der Waals surface area (Å²) in [6.07, 6.45) is 0. The third-order valence-electron chi connectivity index (χ3n) is 4.09. The van der Waals surface area contributed by atoms with Gasteiger partial charge in [-0.2, -0.15) is 0 Å². The highest BCUT2D eigenvalue weighted by Crippen LogP contribution is 2.63. The summed E-state index contributed by atoms with van der Waals surface area (Å²) in [5, 5.41) is 0. The van der Waals surface area contributed by atoms with Crippen LogP contribution in [0.25, 0.3) is 0 Å². The van der Waals surface area contributed by atoms with E-state index >= 15 is 0 Å². The van der Waals surface area contributed by atoms with Gasteiger partial charge in [0.2, 0.25) is 0 Å². The molecule has 0 amide bonds. The average Bonchev–Trinajstić information content (AvgIpc) is 2.52. The number of hydrogen-bond acceptors (Lipinski definition) is 1. The summed E-state index contributed by atoms with van der Waals surface area (Å²) in [4.78, 5) is 0. The summed E-state index contributed by atoms with van der Waals surface area (Å²) in [5.41, 5.74) is 7.81. The Kier molecular flexibility index (Phi) is 2.06. The van der Waals surface area contributed by atoms with Gasteiger partial charge in [-0.25, -0.2) is 0 Å². The summed E-state index contributed by atoms with van der Waals surface area (Å²) >= 11 is 3.60. The molecule has 2 heteroatoms. The van der Waals surface area contributed by atoms with E-state index in [1.54, 1.807) is 0 Å². The van der Waals surface area contributed by atoms with Gasteiger partial charge in [-0.3, -0.25) is 0 Å². The zero-order chi connectivity index (χ0) is 10.6. The lowest BCUT2D eigenvalue weighted by atomic mass is 9.90. The molecule has 76 valence electrons. The van der Waals surface area contributed by atoms with Gasteiger partial charge in [-0.1, -0.05) is 54.9 Å². The highest BCUT2D eigenvalue weighted by Gasteiger charge is 2.67. The smallest absolute Gasteiger partial charge is 0.0213 e. The quantitative estimate of drug-likeness (QED) is 0.818. The molecule has 0 heterocycles.